The third-order valence-electron chi connectivity index (χ3n) is 5.15. The number of nitrogens with one attached hydrogen (secondary N) is 2. The van der Waals surface area contributed by atoms with Crippen molar-refractivity contribution in [2.24, 2.45) is 11.3 Å². The van der Waals surface area contributed by atoms with E-state index in [1.54, 1.807) is 6.20 Å². The van der Waals surface area contributed by atoms with Crippen LogP contribution in [0.15, 0.2) is 42.7 Å². The maximum atomic E-state index is 4.03. The zero-order chi connectivity index (χ0) is 17.9. The molecule has 0 spiro atoms. The van der Waals surface area contributed by atoms with Crippen molar-refractivity contribution in [2.75, 3.05) is 5.32 Å². The van der Waals surface area contributed by atoms with Crippen molar-refractivity contribution in [3.8, 4) is 0 Å². The fourth-order valence-electron chi connectivity index (χ4n) is 3.25. The summed E-state index contributed by atoms with van der Waals surface area (Å²) in [6, 6.07) is 9.18. The Labute approximate surface area is 146 Å². The Hall–Kier alpha value is -2.03. The topological polar surface area (TPSA) is 40.7 Å². The number of hydrogen-bond acceptors (Lipinski definition) is 2. The van der Waals surface area contributed by atoms with Crippen LogP contribution in [0.2, 0.25) is 0 Å². The normalized spacial score (nSPS) is 20.8. The van der Waals surface area contributed by atoms with Gasteiger partial charge in [-0.05, 0) is 48.6 Å². The molecule has 1 fully saturated rings. The van der Waals surface area contributed by atoms with E-state index in [4.69, 9.17) is 0 Å². The van der Waals surface area contributed by atoms with Gasteiger partial charge < -0.3 is 10.3 Å². The number of rotatable bonds is 4. The summed E-state index contributed by atoms with van der Waals surface area (Å²) >= 11 is 0. The second-order valence-electron chi connectivity index (χ2n) is 7.50. The zero-order valence-electron chi connectivity index (χ0n) is 15.9. The number of aryl methyl sites for hydroxylation is 2. The Bertz CT molecular complexity index is 679. The molecule has 24 heavy (non-hydrogen) atoms. The smallest absolute Gasteiger partial charge is 0.204 e. The van der Waals surface area contributed by atoms with Gasteiger partial charge in [-0.25, -0.2) is 4.98 Å². The molecule has 0 bridgehead atoms. The van der Waals surface area contributed by atoms with Crippen molar-refractivity contribution in [1.29, 1.82) is 0 Å². The van der Waals surface area contributed by atoms with Gasteiger partial charge >= 0.3 is 0 Å². The van der Waals surface area contributed by atoms with Crippen molar-refractivity contribution >= 4 is 5.95 Å². The van der Waals surface area contributed by atoms with E-state index in [9.17, 15) is 0 Å². The number of benzene rings is 1. The van der Waals surface area contributed by atoms with Crippen LogP contribution in [0.1, 0.15) is 57.4 Å². The molecule has 1 saturated carbocycles. The van der Waals surface area contributed by atoms with Crippen LogP contribution in [0.3, 0.4) is 0 Å². The molecule has 1 aliphatic carbocycles. The molecule has 3 heteroatoms. The van der Waals surface area contributed by atoms with Crippen molar-refractivity contribution in [3.05, 3.63) is 59.6 Å². The molecule has 2 aromatic rings. The fourth-order valence-corrected chi connectivity index (χ4v) is 3.25. The van der Waals surface area contributed by atoms with Crippen LogP contribution in [0.4, 0.5) is 5.95 Å². The van der Waals surface area contributed by atoms with Crippen LogP contribution >= 0.6 is 0 Å². The van der Waals surface area contributed by atoms with E-state index in [2.05, 4.69) is 73.8 Å². The first-order valence-corrected chi connectivity index (χ1v) is 8.78. The SMILES string of the molecule is C=C(C)Nc1ncc(C)[nH]1.CCc1ccc(C2[C@@H](C)C2(C)C)cc1. The first-order valence-electron chi connectivity index (χ1n) is 8.78. The van der Waals surface area contributed by atoms with Crippen LogP contribution in [0.25, 0.3) is 0 Å². The lowest BCUT2D eigenvalue weighted by molar-refractivity contribution is 0.575. The van der Waals surface area contributed by atoms with Gasteiger partial charge in [0.25, 0.3) is 0 Å². The molecule has 2 atom stereocenters. The molecule has 0 saturated heterocycles. The standard InChI is InChI=1S/C14H20.C7H11N3/c1-5-11-6-8-12(9-7-11)13-10(2)14(13,3)4;1-5(2)9-7-8-4-6(3)10-7/h6-10,13H,5H2,1-4H3;4H,1H2,2-3H3,(H2,8,9,10)/t10-,13?;/m1./s1. The van der Waals surface area contributed by atoms with E-state index in [0.717, 1.165) is 35.6 Å². The average Bonchev–Trinajstić information content (AvgIpc) is 2.82. The number of imidazole rings is 1. The lowest BCUT2D eigenvalue weighted by Crippen LogP contribution is -1.94. The zero-order valence-corrected chi connectivity index (χ0v) is 15.9. The summed E-state index contributed by atoms with van der Waals surface area (Å²) < 4.78 is 0. The lowest BCUT2D eigenvalue weighted by Gasteiger charge is -2.04. The third kappa shape index (κ3) is 4.28. The maximum Gasteiger partial charge on any atom is 0.204 e. The third-order valence-corrected chi connectivity index (χ3v) is 5.15. The van der Waals surface area contributed by atoms with Crippen molar-refractivity contribution < 1.29 is 0 Å². The van der Waals surface area contributed by atoms with E-state index < -0.39 is 0 Å². The Kier molecular flexibility index (Phi) is 5.53. The number of H-pyrrole nitrogens is 1. The lowest BCUT2D eigenvalue weighted by atomic mass is 10.0. The minimum Gasteiger partial charge on any atom is -0.330 e. The molecule has 3 nitrogen and oxygen atoms in total. The van der Waals surface area contributed by atoms with Gasteiger partial charge in [0, 0.05) is 17.6 Å². The molecule has 0 radical (unpaired) electrons. The van der Waals surface area contributed by atoms with Crippen LogP contribution < -0.4 is 5.32 Å². The molecular formula is C21H31N3. The second-order valence-corrected chi connectivity index (χ2v) is 7.50. The Morgan fingerprint density at radius 3 is 2.25 bits per heavy atom. The molecule has 0 amide bonds. The summed E-state index contributed by atoms with van der Waals surface area (Å²) in [5.74, 6) is 2.38. The van der Waals surface area contributed by atoms with Crippen molar-refractivity contribution in [1.82, 2.24) is 9.97 Å². The van der Waals surface area contributed by atoms with Gasteiger partial charge in [-0.3, -0.25) is 0 Å². The van der Waals surface area contributed by atoms with Gasteiger partial charge in [0.2, 0.25) is 5.95 Å². The van der Waals surface area contributed by atoms with E-state index in [0.29, 0.717) is 5.41 Å². The Balaban J connectivity index is 0.000000185. The van der Waals surface area contributed by atoms with Gasteiger partial charge in [-0.15, -0.1) is 0 Å². The van der Waals surface area contributed by atoms with Crippen LogP contribution in [-0.2, 0) is 6.42 Å². The van der Waals surface area contributed by atoms with Gasteiger partial charge in [-0.2, -0.15) is 0 Å². The molecule has 1 heterocycles. The van der Waals surface area contributed by atoms with E-state index in [1.165, 1.54) is 11.1 Å². The van der Waals surface area contributed by atoms with Gasteiger partial charge in [0.15, 0.2) is 0 Å². The van der Waals surface area contributed by atoms with E-state index >= 15 is 0 Å². The van der Waals surface area contributed by atoms with Crippen molar-refractivity contribution in [2.45, 2.75) is 53.9 Å². The number of allylic oxidation sites excluding steroid dienone is 1. The highest BCUT2D eigenvalue weighted by atomic mass is 15.1. The highest BCUT2D eigenvalue weighted by Gasteiger charge is 2.54. The van der Waals surface area contributed by atoms with Crippen molar-refractivity contribution in [3.63, 3.8) is 0 Å². The fraction of sp³-hybridized carbons (Fsp3) is 0.476. The maximum absolute atomic E-state index is 4.03. The number of hydrogen-bond donors (Lipinski definition) is 2. The van der Waals surface area contributed by atoms with Gasteiger partial charge in [0.05, 0.1) is 0 Å². The van der Waals surface area contributed by atoms with Crippen LogP contribution in [-0.4, -0.2) is 9.97 Å². The number of aromatic nitrogens is 2. The molecule has 1 aromatic carbocycles. The largest absolute Gasteiger partial charge is 0.330 e. The second kappa shape index (κ2) is 7.25. The molecule has 1 aromatic heterocycles. The first-order chi connectivity index (χ1) is 11.3. The number of nitrogens with zero attached hydrogens (tertiary/aromatic N) is 1. The van der Waals surface area contributed by atoms with Crippen LogP contribution in [0.5, 0.6) is 0 Å². The van der Waals surface area contributed by atoms with Gasteiger partial charge in [-0.1, -0.05) is 58.5 Å². The summed E-state index contributed by atoms with van der Waals surface area (Å²) in [7, 11) is 0. The number of anilines is 1. The summed E-state index contributed by atoms with van der Waals surface area (Å²) in [4.78, 5) is 7.05. The monoisotopic (exact) mass is 325 g/mol. The van der Waals surface area contributed by atoms with E-state index in [-0.39, 0.29) is 0 Å². The highest BCUT2D eigenvalue weighted by molar-refractivity contribution is 5.33. The Morgan fingerprint density at radius 1 is 1.29 bits per heavy atom. The quantitative estimate of drug-likeness (QED) is 0.760. The molecule has 0 aliphatic heterocycles. The summed E-state index contributed by atoms with van der Waals surface area (Å²) in [5, 5.41) is 2.96. The first kappa shape index (κ1) is 18.3. The number of aromatic amines is 1. The van der Waals surface area contributed by atoms with E-state index in [1.807, 2.05) is 13.8 Å². The van der Waals surface area contributed by atoms with Gasteiger partial charge in [0.1, 0.15) is 0 Å². The molecule has 130 valence electrons. The minimum absolute atomic E-state index is 0.522. The minimum atomic E-state index is 0.522. The Morgan fingerprint density at radius 2 is 1.88 bits per heavy atom. The molecule has 3 rings (SSSR count). The average molecular weight is 326 g/mol. The van der Waals surface area contributed by atoms with Crippen LogP contribution in [0, 0.1) is 18.3 Å². The molecule has 2 N–H and O–H groups in total. The predicted octanol–water partition coefficient (Wildman–Crippen LogP) is 5.67. The molecule has 1 unspecified atom stereocenters. The highest BCUT2D eigenvalue weighted by Crippen LogP contribution is 2.63. The molecule has 1 aliphatic rings. The summed E-state index contributed by atoms with van der Waals surface area (Å²) in [6.07, 6.45) is 2.91. The molecular weight excluding hydrogens is 294 g/mol. The summed E-state index contributed by atoms with van der Waals surface area (Å²) in [5.41, 5.74) is 5.42. The predicted molar refractivity (Wildman–Crippen MR) is 103 cm³/mol. The summed E-state index contributed by atoms with van der Waals surface area (Å²) in [6.45, 7) is 16.8.